The first kappa shape index (κ1) is 24.2. The van der Waals surface area contributed by atoms with Crippen molar-refractivity contribution in [3.05, 3.63) is 101 Å². The van der Waals surface area contributed by atoms with Crippen LogP contribution in [0.25, 0.3) is 16.6 Å². The third-order valence-electron chi connectivity index (χ3n) is 6.01. The van der Waals surface area contributed by atoms with Gasteiger partial charge in [-0.2, -0.15) is 0 Å². The number of fused-ring (bicyclic) bond motifs is 1. The molecule has 0 aliphatic heterocycles. The fourth-order valence-corrected chi connectivity index (χ4v) is 4.23. The largest absolute Gasteiger partial charge is 0.497 e. The van der Waals surface area contributed by atoms with Crippen molar-refractivity contribution < 1.29 is 14.3 Å². The van der Waals surface area contributed by atoms with Crippen LogP contribution in [0.5, 0.6) is 5.75 Å². The molecule has 1 amide bonds. The zero-order chi connectivity index (χ0) is 24.8. The van der Waals surface area contributed by atoms with Crippen molar-refractivity contribution in [1.82, 2.24) is 14.5 Å². The number of hydrogen-bond donors (Lipinski definition) is 0. The van der Waals surface area contributed by atoms with E-state index in [2.05, 4.69) is 0 Å². The smallest absolute Gasteiger partial charge is 0.266 e. The van der Waals surface area contributed by atoms with Gasteiger partial charge in [-0.1, -0.05) is 37.3 Å². The van der Waals surface area contributed by atoms with E-state index in [4.69, 9.17) is 14.5 Å². The van der Waals surface area contributed by atoms with Crippen LogP contribution >= 0.6 is 0 Å². The van der Waals surface area contributed by atoms with Gasteiger partial charge in [-0.3, -0.25) is 14.2 Å². The van der Waals surface area contributed by atoms with Crippen LogP contribution in [0.2, 0.25) is 0 Å². The molecular formula is C28H29N3O4. The van der Waals surface area contributed by atoms with Gasteiger partial charge in [-0.05, 0) is 55.0 Å². The highest BCUT2D eigenvalue weighted by atomic mass is 16.5. The number of carbonyl (C=O) groups is 1. The molecule has 1 atom stereocenters. The maximum absolute atomic E-state index is 13.7. The summed E-state index contributed by atoms with van der Waals surface area (Å²) in [7, 11) is 3.19. The van der Waals surface area contributed by atoms with Crippen LogP contribution in [0.1, 0.15) is 35.6 Å². The molecule has 4 aromatic rings. The number of benzene rings is 3. The van der Waals surface area contributed by atoms with Gasteiger partial charge >= 0.3 is 0 Å². The quantitative estimate of drug-likeness (QED) is 0.356. The second-order valence-electron chi connectivity index (χ2n) is 8.11. The molecule has 3 aromatic carbocycles. The Morgan fingerprint density at radius 3 is 2.31 bits per heavy atom. The fourth-order valence-electron chi connectivity index (χ4n) is 4.23. The van der Waals surface area contributed by atoms with Crippen molar-refractivity contribution in [2.45, 2.75) is 19.4 Å². The van der Waals surface area contributed by atoms with Crippen LogP contribution in [0, 0.1) is 0 Å². The molecule has 1 aromatic heterocycles. The number of aromatic nitrogens is 2. The van der Waals surface area contributed by atoms with E-state index in [1.165, 1.54) is 0 Å². The maximum atomic E-state index is 13.7. The lowest BCUT2D eigenvalue weighted by Gasteiger charge is -2.32. The monoisotopic (exact) mass is 471 g/mol. The minimum atomic E-state index is -0.461. The highest BCUT2D eigenvalue weighted by Gasteiger charge is 2.29. The van der Waals surface area contributed by atoms with Crippen molar-refractivity contribution >= 4 is 16.8 Å². The van der Waals surface area contributed by atoms with Crippen molar-refractivity contribution in [2.75, 3.05) is 27.4 Å². The number of ether oxygens (including phenoxy) is 2. The average molecular weight is 472 g/mol. The lowest BCUT2D eigenvalue weighted by molar-refractivity contribution is 0.0579. The molecule has 0 N–H and O–H groups in total. The summed E-state index contributed by atoms with van der Waals surface area (Å²) in [6.45, 7) is 2.68. The summed E-state index contributed by atoms with van der Waals surface area (Å²) in [5.74, 6) is 1.02. The summed E-state index contributed by atoms with van der Waals surface area (Å²) in [6.07, 6.45) is 0.559. The molecule has 0 bridgehead atoms. The van der Waals surface area contributed by atoms with Gasteiger partial charge in [0, 0.05) is 19.2 Å². The van der Waals surface area contributed by atoms with Gasteiger partial charge in [0.1, 0.15) is 11.6 Å². The molecule has 0 radical (unpaired) electrons. The van der Waals surface area contributed by atoms with E-state index < -0.39 is 6.04 Å². The van der Waals surface area contributed by atoms with Gasteiger partial charge in [-0.15, -0.1) is 0 Å². The minimum Gasteiger partial charge on any atom is -0.497 e. The van der Waals surface area contributed by atoms with E-state index >= 15 is 0 Å². The summed E-state index contributed by atoms with van der Waals surface area (Å²) in [5.41, 5.74) is 1.66. The Kier molecular flexibility index (Phi) is 7.57. The highest BCUT2D eigenvalue weighted by molar-refractivity contribution is 5.94. The van der Waals surface area contributed by atoms with Crippen molar-refractivity contribution in [2.24, 2.45) is 0 Å². The van der Waals surface area contributed by atoms with Crippen molar-refractivity contribution in [1.29, 1.82) is 0 Å². The Bertz CT molecular complexity index is 1350. The SMILES string of the molecule is CCC(c1nc2ccccc2c(=O)n1-c1ccccc1)N(CCOC)C(=O)c1ccc(OC)cc1. The van der Waals surface area contributed by atoms with Gasteiger partial charge in [0.2, 0.25) is 0 Å². The molecule has 1 unspecified atom stereocenters. The van der Waals surface area contributed by atoms with Crippen molar-refractivity contribution in [3.8, 4) is 11.4 Å². The molecule has 0 aliphatic carbocycles. The number of methoxy groups -OCH3 is 2. The first-order chi connectivity index (χ1) is 17.1. The van der Waals surface area contributed by atoms with Crippen LogP contribution in [0.3, 0.4) is 0 Å². The third kappa shape index (κ3) is 4.95. The summed E-state index contributed by atoms with van der Waals surface area (Å²) >= 11 is 0. The molecular weight excluding hydrogens is 442 g/mol. The normalized spacial score (nSPS) is 11.9. The molecule has 1 heterocycles. The van der Waals surface area contributed by atoms with Gasteiger partial charge in [-0.25, -0.2) is 4.98 Å². The molecule has 4 rings (SSSR count). The van der Waals surface area contributed by atoms with E-state index in [1.54, 1.807) is 54.0 Å². The second kappa shape index (κ2) is 11.0. The van der Waals surface area contributed by atoms with Gasteiger partial charge in [0.15, 0.2) is 0 Å². The van der Waals surface area contributed by atoms with Crippen LogP contribution in [-0.2, 0) is 4.74 Å². The molecule has 0 saturated carbocycles. The van der Waals surface area contributed by atoms with Gasteiger partial charge < -0.3 is 14.4 Å². The van der Waals surface area contributed by atoms with Gasteiger partial charge in [0.05, 0.1) is 36.3 Å². The summed E-state index contributed by atoms with van der Waals surface area (Å²) in [6, 6.07) is 23.2. The number of para-hydroxylation sites is 2. The number of amides is 1. The molecule has 0 aliphatic rings. The first-order valence-electron chi connectivity index (χ1n) is 11.6. The fraction of sp³-hybridized carbons (Fsp3) is 0.250. The van der Waals surface area contributed by atoms with E-state index in [0.29, 0.717) is 53.3 Å². The van der Waals surface area contributed by atoms with E-state index in [1.807, 2.05) is 55.5 Å². The standard InChI is InChI=1S/C28H29N3O4/c1-4-25(30(18-19-34-2)27(32)20-14-16-22(35-3)17-15-20)26-29-24-13-9-8-12-23(24)28(33)31(26)21-10-6-5-7-11-21/h5-17,25H,4,18-19H2,1-3H3. The summed E-state index contributed by atoms with van der Waals surface area (Å²) < 4.78 is 12.2. The van der Waals surface area contributed by atoms with Crippen LogP contribution in [0.4, 0.5) is 0 Å². The molecule has 0 spiro atoms. The molecule has 0 saturated heterocycles. The summed E-state index contributed by atoms with van der Waals surface area (Å²) in [5, 5.41) is 0.528. The number of hydrogen-bond acceptors (Lipinski definition) is 5. The first-order valence-corrected chi connectivity index (χ1v) is 11.6. The minimum absolute atomic E-state index is 0.168. The zero-order valence-corrected chi connectivity index (χ0v) is 20.2. The topological polar surface area (TPSA) is 73.7 Å². The predicted molar refractivity (Wildman–Crippen MR) is 136 cm³/mol. The summed E-state index contributed by atoms with van der Waals surface area (Å²) in [4.78, 5) is 34.1. The Labute approximate surface area is 204 Å². The van der Waals surface area contributed by atoms with Crippen LogP contribution < -0.4 is 10.3 Å². The predicted octanol–water partition coefficient (Wildman–Crippen LogP) is 4.63. The molecule has 7 nitrogen and oxygen atoms in total. The third-order valence-corrected chi connectivity index (χ3v) is 6.01. The number of nitrogens with zero attached hydrogens (tertiary/aromatic N) is 3. The average Bonchev–Trinajstić information content (AvgIpc) is 2.91. The Morgan fingerprint density at radius 1 is 0.971 bits per heavy atom. The number of rotatable bonds is 9. The number of carbonyl (C=O) groups excluding carboxylic acids is 1. The van der Waals surface area contributed by atoms with Crippen molar-refractivity contribution in [3.63, 3.8) is 0 Å². The van der Waals surface area contributed by atoms with E-state index in [-0.39, 0.29) is 11.5 Å². The van der Waals surface area contributed by atoms with Gasteiger partial charge in [0.25, 0.3) is 11.5 Å². The Balaban J connectivity index is 1.89. The zero-order valence-electron chi connectivity index (χ0n) is 20.2. The van der Waals surface area contributed by atoms with E-state index in [9.17, 15) is 9.59 Å². The van der Waals surface area contributed by atoms with Crippen LogP contribution in [0.15, 0.2) is 83.7 Å². The lowest BCUT2D eigenvalue weighted by Crippen LogP contribution is -2.40. The highest BCUT2D eigenvalue weighted by Crippen LogP contribution is 2.27. The lowest BCUT2D eigenvalue weighted by atomic mass is 10.1. The van der Waals surface area contributed by atoms with E-state index in [0.717, 1.165) is 0 Å². The maximum Gasteiger partial charge on any atom is 0.266 e. The molecule has 7 heteroatoms. The second-order valence-corrected chi connectivity index (χ2v) is 8.11. The molecule has 180 valence electrons. The van der Waals surface area contributed by atoms with Crippen LogP contribution in [-0.4, -0.2) is 47.7 Å². The molecule has 0 fully saturated rings. The Morgan fingerprint density at radius 2 is 1.66 bits per heavy atom. The Hall–Kier alpha value is -3.97. The molecule has 35 heavy (non-hydrogen) atoms.